The number of sulfone groups is 1. The molecule has 0 spiro atoms. The molecular weight excluding hydrogens is 396 g/mol. The maximum atomic E-state index is 12.8. The van der Waals surface area contributed by atoms with E-state index in [4.69, 9.17) is 8.83 Å². The van der Waals surface area contributed by atoms with Crippen LogP contribution in [0.2, 0.25) is 0 Å². The molecule has 2 saturated heterocycles. The minimum Gasteiger partial charge on any atom is -0.459 e. The second kappa shape index (κ2) is 7.55. The molecule has 1 atom stereocenters. The van der Waals surface area contributed by atoms with Gasteiger partial charge in [-0.2, -0.15) is 10.2 Å². The van der Waals surface area contributed by atoms with Gasteiger partial charge in [-0.05, 0) is 31.4 Å². The van der Waals surface area contributed by atoms with Crippen LogP contribution in [0.3, 0.4) is 0 Å². The van der Waals surface area contributed by atoms with Crippen LogP contribution < -0.4 is 4.90 Å². The van der Waals surface area contributed by atoms with E-state index in [1.807, 2.05) is 4.90 Å². The largest absolute Gasteiger partial charge is 0.459 e. The van der Waals surface area contributed by atoms with Crippen molar-refractivity contribution in [1.29, 1.82) is 5.26 Å². The molecule has 0 unspecified atom stereocenters. The lowest BCUT2D eigenvalue weighted by Gasteiger charge is -2.34. The number of hydrogen-bond donors (Lipinski definition) is 0. The second-order valence-corrected chi connectivity index (χ2v) is 9.76. The number of amides is 1. The lowest BCUT2D eigenvalue weighted by Crippen LogP contribution is -2.45. The number of anilines is 1. The van der Waals surface area contributed by atoms with E-state index in [0.29, 0.717) is 44.0 Å². The summed E-state index contributed by atoms with van der Waals surface area (Å²) in [6, 6.07) is 5.24. The van der Waals surface area contributed by atoms with E-state index in [1.165, 1.54) is 6.26 Å². The molecule has 9 nitrogen and oxygen atoms in total. The maximum Gasteiger partial charge on any atom is 0.266 e. The highest BCUT2D eigenvalue weighted by atomic mass is 32.2. The third-order valence-electron chi connectivity index (χ3n) is 5.68. The molecule has 10 heteroatoms. The fourth-order valence-electron chi connectivity index (χ4n) is 3.98. The summed E-state index contributed by atoms with van der Waals surface area (Å²) in [5.41, 5.74) is 0.189. The number of piperidine rings is 1. The summed E-state index contributed by atoms with van der Waals surface area (Å²) in [5, 5.41) is 9.40. The average molecular weight is 418 g/mol. The van der Waals surface area contributed by atoms with Gasteiger partial charge in [0.1, 0.15) is 6.07 Å². The van der Waals surface area contributed by atoms with Gasteiger partial charge in [-0.3, -0.25) is 4.79 Å². The molecule has 1 amide bonds. The molecule has 0 aromatic carbocycles. The third-order valence-corrected chi connectivity index (χ3v) is 7.43. The van der Waals surface area contributed by atoms with Crippen LogP contribution in [-0.4, -0.2) is 61.9 Å². The van der Waals surface area contributed by atoms with E-state index in [9.17, 15) is 18.5 Å². The third kappa shape index (κ3) is 3.87. The average Bonchev–Trinajstić information content (AvgIpc) is 3.45. The number of carbonyl (C=O) groups excluding carboxylic acids is 1. The summed E-state index contributed by atoms with van der Waals surface area (Å²) in [7, 11) is -1.34. The van der Waals surface area contributed by atoms with Crippen molar-refractivity contribution in [3.8, 4) is 17.7 Å². The fraction of sp³-hybridized carbons (Fsp3) is 0.526. The van der Waals surface area contributed by atoms with Gasteiger partial charge in [0.15, 0.2) is 15.6 Å². The normalized spacial score (nSPS) is 21.8. The van der Waals surface area contributed by atoms with E-state index in [-0.39, 0.29) is 41.0 Å². The van der Waals surface area contributed by atoms with Crippen LogP contribution >= 0.6 is 0 Å². The molecule has 0 radical (unpaired) electrons. The van der Waals surface area contributed by atoms with Crippen LogP contribution in [-0.2, 0) is 14.6 Å². The zero-order chi connectivity index (χ0) is 20.6. The van der Waals surface area contributed by atoms with Crippen molar-refractivity contribution in [2.75, 3.05) is 36.5 Å². The minimum absolute atomic E-state index is 0.0129. The van der Waals surface area contributed by atoms with Gasteiger partial charge >= 0.3 is 0 Å². The first-order chi connectivity index (χ1) is 13.9. The summed E-state index contributed by atoms with van der Waals surface area (Å²) in [6.45, 7) is 1.10. The Kier molecular flexibility index (Phi) is 5.08. The van der Waals surface area contributed by atoms with Crippen molar-refractivity contribution in [3.63, 3.8) is 0 Å². The molecule has 2 aliphatic rings. The monoisotopic (exact) mass is 418 g/mol. The van der Waals surface area contributed by atoms with Crippen LogP contribution in [0.5, 0.6) is 0 Å². The summed E-state index contributed by atoms with van der Waals surface area (Å²) < 4.78 is 34.4. The summed E-state index contributed by atoms with van der Waals surface area (Å²) in [4.78, 5) is 20.6. The first-order valence-electron chi connectivity index (χ1n) is 9.55. The molecular formula is C19H22N4O5S. The molecule has 0 bridgehead atoms. The Morgan fingerprint density at radius 3 is 2.69 bits per heavy atom. The van der Waals surface area contributed by atoms with Crippen LogP contribution in [0.15, 0.2) is 27.2 Å². The Balaban J connectivity index is 1.41. The Labute approximate surface area is 168 Å². The molecule has 4 heterocycles. The van der Waals surface area contributed by atoms with Crippen molar-refractivity contribution < 1.29 is 22.0 Å². The number of hydrogen-bond acceptors (Lipinski definition) is 8. The first-order valence-corrected chi connectivity index (χ1v) is 11.4. The van der Waals surface area contributed by atoms with Gasteiger partial charge in [-0.1, -0.05) is 0 Å². The van der Waals surface area contributed by atoms with Crippen molar-refractivity contribution >= 4 is 21.6 Å². The number of furan rings is 1. The maximum absolute atomic E-state index is 12.8. The van der Waals surface area contributed by atoms with Gasteiger partial charge in [0, 0.05) is 32.1 Å². The zero-order valence-electron chi connectivity index (χ0n) is 16.1. The van der Waals surface area contributed by atoms with Gasteiger partial charge in [0.05, 0.1) is 17.8 Å². The van der Waals surface area contributed by atoms with Crippen molar-refractivity contribution in [2.24, 2.45) is 5.92 Å². The lowest BCUT2D eigenvalue weighted by molar-refractivity contribution is -0.136. The number of aromatic nitrogens is 1. The van der Waals surface area contributed by atoms with Crippen LogP contribution in [0.4, 0.5) is 5.88 Å². The zero-order valence-corrected chi connectivity index (χ0v) is 16.9. The van der Waals surface area contributed by atoms with Crippen LogP contribution in [0.25, 0.3) is 11.7 Å². The Bertz CT molecular complexity index is 1030. The standard InChI is InChI=1S/C19H22N4O5S/c1-22(14-6-10-29(25,26)12-14)18(24)13-4-7-23(8-5-13)19-15(11-20)21-17(28-19)16-3-2-9-27-16/h2-3,9,13-14H,4-8,10,12H2,1H3/t14-/m0/s1. The fourth-order valence-corrected chi connectivity index (χ4v) is 5.76. The lowest BCUT2D eigenvalue weighted by atomic mass is 9.94. The number of rotatable bonds is 4. The van der Waals surface area contributed by atoms with Crippen molar-refractivity contribution in [1.82, 2.24) is 9.88 Å². The summed E-state index contributed by atoms with van der Waals surface area (Å²) in [5.74, 6) is 1.10. The topological polar surface area (TPSA) is 121 Å². The van der Waals surface area contributed by atoms with Crippen molar-refractivity contribution in [3.05, 3.63) is 24.1 Å². The Hall–Kier alpha value is -2.80. The Morgan fingerprint density at radius 2 is 2.10 bits per heavy atom. The van der Waals surface area contributed by atoms with Crippen LogP contribution in [0, 0.1) is 17.2 Å². The predicted octanol–water partition coefficient (Wildman–Crippen LogP) is 1.67. The molecule has 4 rings (SSSR count). The van der Waals surface area contributed by atoms with Gasteiger partial charge < -0.3 is 18.6 Å². The molecule has 154 valence electrons. The molecule has 0 N–H and O–H groups in total. The highest BCUT2D eigenvalue weighted by molar-refractivity contribution is 7.91. The first kappa shape index (κ1) is 19.5. The number of oxazole rings is 1. The van der Waals surface area contributed by atoms with E-state index in [2.05, 4.69) is 11.1 Å². The van der Waals surface area contributed by atoms with E-state index in [0.717, 1.165) is 0 Å². The van der Waals surface area contributed by atoms with E-state index >= 15 is 0 Å². The van der Waals surface area contributed by atoms with Gasteiger partial charge in [0.2, 0.25) is 17.5 Å². The molecule has 2 aromatic heterocycles. The number of nitriles is 1. The number of carbonyl (C=O) groups is 1. The molecule has 29 heavy (non-hydrogen) atoms. The second-order valence-electron chi connectivity index (χ2n) is 7.53. The Morgan fingerprint density at radius 1 is 1.34 bits per heavy atom. The highest BCUT2D eigenvalue weighted by Gasteiger charge is 2.36. The molecule has 2 aliphatic heterocycles. The molecule has 2 fully saturated rings. The molecule has 2 aromatic rings. The minimum atomic E-state index is -3.03. The van der Waals surface area contributed by atoms with Gasteiger partial charge in [-0.15, -0.1) is 0 Å². The van der Waals surface area contributed by atoms with E-state index in [1.54, 1.807) is 24.1 Å². The highest BCUT2D eigenvalue weighted by Crippen LogP contribution is 2.32. The van der Waals surface area contributed by atoms with Crippen molar-refractivity contribution in [2.45, 2.75) is 25.3 Å². The SMILES string of the molecule is CN(C(=O)C1CCN(c2oc(-c3ccco3)nc2C#N)CC1)[C@H]1CCS(=O)(=O)C1. The quantitative estimate of drug-likeness (QED) is 0.735. The molecule has 0 aliphatic carbocycles. The summed E-state index contributed by atoms with van der Waals surface area (Å²) in [6.07, 6.45) is 3.21. The van der Waals surface area contributed by atoms with Crippen LogP contribution in [0.1, 0.15) is 25.0 Å². The number of nitrogens with zero attached hydrogens (tertiary/aromatic N) is 4. The predicted molar refractivity (Wildman–Crippen MR) is 104 cm³/mol. The molecule has 0 saturated carbocycles. The summed E-state index contributed by atoms with van der Waals surface area (Å²) >= 11 is 0. The van der Waals surface area contributed by atoms with E-state index < -0.39 is 9.84 Å². The smallest absolute Gasteiger partial charge is 0.266 e. The van der Waals surface area contributed by atoms with Gasteiger partial charge in [0.25, 0.3) is 5.89 Å². The van der Waals surface area contributed by atoms with Gasteiger partial charge in [-0.25, -0.2) is 8.42 Å².